The van der Waals surface area contributed by atoms with E-state index in [0.29, 0.717) is 36.9 Å². The molecule has 0 aliphatic rings. The maximum absolute atomic E-state index is 15.3. The van der Waals surface area contributed by atoms with Crippen LogP contribution < -0.4 is 20.9 Å². The number of nitrogens with two attached hydrogens (primary N) is 2. The van der Waals surface area contributed by atoms with Crippen molar-refractivity contribution in [3.05, 3.63) is 154 Å². The number of benzene rings is 5. The molecule has 0 atom stereocenters. The molecular weight excluding hydrogens is 851 g/mol. The Morgan fingerprint density at radius 3 is 1.46 bits per heavy atom. The highest BCUT2D eigenvalue weighted by Crippen LogP contribution is 2.37. The molecule has 5 N–H and O–H groups in total. The molecule has 0 spiro atoms. The van der Waals surface area contributed by atoms with E-state index in [4.69, 9.17) is 25.7 Å². The number of anilines is 2. The molecule has 0 aliphatic heterocycles. The molecule has 5 aromatic rings. The molecular formula is C51H54F6N2O6. The number of carboxylic acids is 1. The van der Waals surface area contributed by atoms with Gasteiger partial charge < -0.3 is 30.8 Å². The zero-order valence-electron chi connectivity index (χ0n) is 36.0. The summed E-state index contributed by atoms with van der Waals surface area (Å²) < 4.78 is 101. The van der Waals surface area contributed by atoms with E-state index in [0.717, 1.165) is 49.7 Å². The van der Waals surface area contributed by atoms with Gasteiger partial charge in [0.1, 0.15) is 11.5 Å². The van der Waals surface area contributed by atoms with E-state index in [2.05, 4.69) is 0 Å². The Hall–Kier alpha value is -6.44. The van der Waals surface area contributed by atoms with Crippen molar-refractivity contribution in [2.75, 3.05) is 31.4 Å². The molecule has 0 fully saturated rings. The molecule has 346 valence electrons. The molecule has 0 unspecified atom stereocenters. The van der Waals surface area contributed by atoms with Crippen molar-refractivity contribution < 1.29 is 55.2 Å². The van der Waals surface area contributed by atoms with Gasteiger partial charge in [0.25, 0.3) is 0 Å². The van der Waals surface area contributed by atoms with Gasteiger partial charge in [-0.25, -0.2) is 9.59 Å². The van der Waals surface area contributed by atoms with Crippen molar-refractivity contribution in [1.29, 1.82) is 0 Å². The molecule has 0 saturated carbocycles. The fraction of sp³-hybridized carbons (Fsp3) is 0.333. The number of allylic oxidation sites excluding steroid dienone is 1. The number of halogens is 6. The van der Waals surface area contributed by atoms with E-state index in [9.17, 15) is 23.5 Å². The standard InChI is InChI=1S/C51H54F6N2O6/c52-31-7-3-1-5-10-35-13-21-39(22-14-35)50(54,55)64-42-26-17-37(18-27-42)44(47(48(60)61)45-30-25-41(58)34-46(45)59)12-9-33-63-49(62)38-19-28-43(29-20-38)65-51(56,57)40-23-15-36(16-24-40)11-6-2-4-8-32-53/h13-30,34H,1-12,31-33,58-59H2,(H,60,61)/b47-44+. The third kappa shape index (κ3) is 14.8. The van der Waals surface area contributed by atoms with Crippen molar-refractivity contribution in [1.82, 2.24) is 0 Å². The number of alkyl halides is 6. The first-order valence-corrected chi connectivity index (χ1v) is 21.6. The first-order valence-electron chi connectivity index (χ1n) is 21.6. The zero-order valence-corrected chi connectivity index (χ0v) is 36.0. The molecule has 0 aromatic heterocycles. The molecule has 5 rings (SSSR count). The highest BCUT2D eigenvalue weighted by molar-refractivity contribution is 6.25. The number of hydrogen-bond acceptors (Lipinski definition) is 7. The third-order valence-electron chi connectivity index (χ3n) is 10.7. The molecule has 0 radical (unpaired) electrons. The lowest BCUT2D eigenvalue weighted by Gasteiger charge is -2.20. The van der Waals surface area contributed by atoms with Gasteiger partial charge in [-0.15, -0.1) is 0 Å². The average molecular weight is 905 g/mol. The van der Waals surface area contributed by atoms with Crippen LogP contribution in [0.15, 0.2) is 115 Å². The number of hydrogen-bond donors (Lipinski definition) is 3. The minimum absolute atomic E-state index is 0.0284. The average Bonchev–Trinajstić information content (AvgIpc) is 3.28. The summed E-state index contributed by atoms with van der Waals surface area (Å²) in [5.41, 5.74) is 14.2. The zero-order chi connectivity index (χ0) is 46.8. The fourth-order valence-electron chi connectivity index (χ4n) is 7.21. The van der Waals surface area contributed by atoms with Crippen molar-refractivity contribution in [2.45, 2.75) is 89.3 Å². The smallest absolute Gasteiger partial charge is 0.426 e. The number of carboxylic acid groups (broad SMARTS) is 1. The lowest BCUT2D eigenvalue weighted by atomic mass is 9.90. The highest BCUT2D eigenvalue weighted by Gasteiger charge is 2.35. The van der Waals surface area contributed by atoms with Crippen LogP contribution >= 0.6 is 0 Å². The molecule has 0 aliphatic carbocycles. The summed E-state index contributed by atoms with van der Waals surface area (Å²) in [6.45, 7) is -0.886. The lowest BCUT2D eigenvalue weighted by molar-refractivity contribution is -0.186. The lowest BCUT2D eigenvalue weighted by Crippen LogP contribution is -2.21. The largest absolute Gasteiger partial charge is 0.478 e. The number of aryl methyl sites for hydroxylation is 2. The van der Waals surface area contributed by atoms with Crippen LogP contribution in [-0.4, -0.2) is 37.0 Å². The number of unbranched alkanes of at least 4 members (excludes halogenated alkanes) is 6. The molecule has 8 nitrogen and oxygen atoms in total. The van der Waals surface area contributed by atoms with E-state index < -0.39 is 24.2 Å². The van der Waals surface area contributed by atoms with Crippen LogP contribution in [-0.2, 0) is 34.6 Å². The minimum Gasteiger partial charge on any atom is -0.478 e. The van der Waals surface area contributed by atoms with Gasteiger partial charge in [-0.1, -0.05) is 62.1 Å². The molecule has 5 aromatic carbocycles. The first-order chi connectivity index (χ1) is 31.2. The Labute approximate surface area is 375 Å². The first kappa shape index (κ1) is 49.6. The molecule has 0 heterocycles. The van der Waals surface area contributed by atoms with Crippen molar-refractivity contribution in [3.8, 4) is 11.5 Å². The maximum atomic E-state index is 15.3. The summed E-state index contributed by atoms with van der Waals surface area (Å²) in [6, 6.07) is 26.4. The van der Waals surface area contributed by atoms with Crippen molar-refractivity contribution in [2.24, 2.45) is 0 Å². The predicted molar refractivity (Wildman–Crippen MR) is 240 cm³/mol. The summed E-state index contributed by atoms with van der Waals surface area (Å²) in [5.74, 6) is -2.47. The van der Waals surface area contributed by atoms with Crippen LogP contribution in [0.1, 0.15) is 108 Å². The Bertz CT molecular complexity index is 2320. The van der Waals surface area contributed by atoms with Gasteiger partial charge in [-0.2, -0.15) is 17.6 Å². The predicted octanol–water partition coefficient (Wildman–Crippen LogP) is 12.9. The summed E-state index contributed by atoms with van der Waals surface area (Å²) in [6.07, 6.45) is 0.0729. The highest BCUT2D eigenvalue weighted by atomic mass is 19.3. The molecule has 0 amide bonds. The second-order valence-electron chi connectivity index (χ2n) is 15.6. The second-order valence-corrected chi connectivity index (χ2v) is 15.6. The Morgan fingerprint density at radius 1 is 0.554 bits per heavy atom. The van der Waals surface area contributed by atoms with E-state index in [-0.39, 0.29) is 83.4 Å². The summed E-state index contributed by atoms with van der Waals surface area (Å²) in [7, 11) is 0. The van der Waals surface area contributed by atoms with E-state index in [1.165, 1.54) is 91.0 Å². The van der Waals surface area contributed by atoms with Gasteiger partial charge in [0, 0.05) is 16.9 Å². The quantitative estimate of drug-likeness (QED) is 0.0125. The van der Waals surface area contributed by atoms with Gasteiger partial charge >= 0.3 is 24.2 Å². The molecule has 65 heavy (non-hydrogen) atoms. The fourth-order valence-corrected chi connectivity index (χ4v) is 7.21. The number of ether oxygens (including phenoxy) is 3. The van der Waals surface area contributed by atoms with E-state index in [1.807, 2.05) is 0 Å². The number of carbonyl (C=O) groups excluding carboxylic acids is 1. The van der Waals surface area contributed by atoms with Gasteiger partial charge in [-0.3, -0.25) is 8.78 Å². The Kier molecular flexibility index (Phi) is 18.3. The van der Waals surface area contributed by atoms with Crippen LogP contribution in [0.25, 0.3) is 11.1 Å². The van der Waals surface area contributed by atoms with Crippen LogP contribution in [0.3, 0.4) is 0 Å². The minimum atomic E-state index is -3.70. The van der Waals surface area contributed by atoms with Crippen molar-refractivity contribution in [3.63, 3.8) is 0 Å². The molecule has 0 saturated heterocycles. The summed E-state index contributed by atoms with van der Waals surface area (Å²) in [4.78, 5) is 25.8. The van der Waals surface area contributed by atoms with Gasteiger partial charge in [0.05, 0.1) is 42.2 Å². The number of nitrogen functional groups attached to an aromatic ring is 2. The Balaban J connectivity index is 1.22. The van der Waals surface area contributed by atoms with E-state index >= 15 is 17.6 Å². The number of rotatable bonds is 26. The molecule has 14 heteroatoms. The number of aliphatic carboxylic acids is 1. The summed E-state index contributed by atoms with van der Waals surface area (Å²) in [5, 5.41) is 10.5. The van der Waals surface area contributed by atoms with Gasteiger partial charge in [0.15, 0.2) is 0 Å². The monoisotopic (exact) mass is 904 g/mol. The third-order valence-corrected chi connectivity index (χ3v) is 10.7. The number of carbonyl (C=O) groups is 2. The van der Waals surface area contributed by atoms with Crippen molar-refractivity contribution >= 4 is 34.5 Å². The summed E-state index contributed by atoms with van der Waals surface area (Å²) >= 11 is 0. The number of esters is 1. The van der Waals surface area contributed by atoms with Crippen LogP contribution in [0.4, 0.5) is 37.7 Å². The second kappa shape index (κ2) is 24.0. The maximum Gasteiger partial charge on any atom is 0.426 e. The van der Waals surface area contributed by atoms with Crippen LogP contribution in [0, 0.1) is 0 Å². The van der Waals surface area contributed by atoms with Crippen LogP contribution in [0.2, 0.25) is 0 Å². The van der Waals surface area contributed by atoms with E-state index in [1.54, 1.807) is 24.3 Å². The SMILES string of the molecule is Nc1ccc(/C(C(=O)O)=C(/CCCOC(=O)c2ccc(OC(F)(F)c3ccc(CCCCCCF)cc3)cc2)c2ccc(OC(F)(F)c3ccc(CCCCCCF)cc3)cc2)c(N)c1. The van der Waals surface area contributed by atoms with Gasteiger partial charge in [0.2, 0.25) is 0 Å². The Morgan fingerprint density at radius 2 is 1.02 bits per heavy atom. The van der Waals surface area contributed by atoms with Crippen LogP contribution in [0.5, 0.6) is 11.5 Å². The molecule has 0 bridgehead atoms. The van der Waals surface area contributed by atoms with Gasteiger partial charge in [-0.05, 0) is 152 Å². The normalized spacial score (nSPS) is 12.1. The topological polar surface area (TPSA) is 134 Å².